The zero-order valence-corrected chi connectivity index (χ0v) is 9.78. The van der Waals surface area contributed by atoms with E-state index in [1.54, 1.807) is 6.33 Å². The highest BCUT2D eigenvalue weighted by molar-refractivity contribution is 6.30. The van der Waals surface area contributed by atoms with Gasteiger partial charge < -0.3 is 9.88 Å². The highest BCUT2D eigenvalue weighted by Gasteiger charge is 2.03. The van der Waals surface area contributed by atoms with Crippen LogP contribution in [0.3, 0.4) is 0 Å². The molecular formula is C11H13ClN4. The van der Waals surface area contributed by atoms with Crippen LogP contribution in [0.2, 0.25) is 5.02 Å². The molecule has 5 heteroatoms. The number of benzene rings is 1. The van der Waals surface area contributed by atoms with Gasteiger partial charge in [-0.3, -0.25) is 0 Å². The SMILES string of the molecule is CNCc1nncn1Cc1ccc(Cl)cc1. The molecule has 1 aromatic heterocycles. The lowest BCUT2D eigenvalue weighted by atomic mass is 10.2. The van der Waals surface area contributed by atoms with E-state index in [-0.39, 0.29) is 0 Å². The Bertz CT molecular complexity index is 449. The molecule has 0 spiro atoms. The van der Waals surface area contributed by atoms with E-state index in [0.29, 0.717) is 6.54 Å². The highest BCUT2D eigenvalue weighted by Crippen LogP contribution is 2.11. The van der Waals surface area contributed by atoms with Gasteiger partial charge in [0.05, 0.1) is 13.1 Å². The van der Waals surface area contributed by atoms with Crippen LogP contribution in [0.4, 0.5) is 0 Å². The number of nitrogens with one attached hydrogen (secondary N) is 1. The largest absolute Gasteiger partial charge is 0.313 e. The van der Waals surface area contributed by atoms with E-state index in [0.717, 1.165) is 17.4 Å². The van der Waals surface area contributed by atoms with Gasteiger partial charge in [-0.1, -0.05) is 23.7 Å². The third-order valence-electron chi connectivity index (χ3n) is 2.30. The molecule has 2 rings (SSSR count). The van der Waals surface area contributed by atoms with Crippen molar-refractivity contribution in [2.24, 2.45) is 0 Å². The van der Waals surface area contributed by atoms with Gasteiger partial charge in [0.25, 0.3) is 0 Å². The quantitative estimate of drug-likeness (QED) is 0.879. The van der Waals surface area contributed by atoms with Crippen molar-refractivity contribution in [3.8, 4) is 0 Å². The van der Waals surface area contributed by atoms with Crippen LogP contribution >= 0.6 is 11.6 Å². The summed E-state index contributed by atoms with van der Waals surface area (Å²) in [5, 5.41) is 11.8. The lowest BCUT2D eigenvalue weighted by Gasteiger charge is -2.06. The lowest BCUT2D eigenvalue weighted by Crippen LogP contribution is -2.12. The Hall–Kier alpha value is -1.39. The Morgan fingerprint density at radius 3 is 2.75 bits per heavy atom. The van der Waals surface area contributed by atoms with Crippen molar-refractivity contribution >= 4 is 11.6 Å². The van der Waals surface area contributed by atoms with Crippen LogP contribution in [-0.4, -0.2) is 21.8 Å². The highest BCUT2D eigenvalue weighted by atomic mass is 35.5. The van der Waals surface area contributed by atoms with E-state index in [1.165, 1.54) is 5.56 Å². The lowest BCUT2D eigenvalue weighted by molar-refractivity contribution is 0.673. The van der Waals surface area contributed by atoms with Crippen LogP contribution in [-0.2, 0) is 13.1 Å². The first kappa shape index (κ1) is 11.1. The molecule has 0 atom stereocenters. The van der Waals surface area contributed by atoms with Crippen molar-refractivity contribution in [3.63, 3.8) is 0 Å². The molecule has 2 aromatic rings. The van der Waals surface area contributed by atoms with Crippen LogP contribution in [0, 0.1) is 0 Å². The second kappa shape index (κ2) is 5.09. The van der Waals surface area contributed by atoms with Gasteiger partial charge in [-0.2, -0.15) is 0 Å². The Kier molecular flexibility index (Phi) is 3.54. The average Bonchev–Trinajstić information content (AvgIpc) is 2.70. The van der Waals surface area contributed by atoms with E-state index < -0.39 is 0 Å². The summed E-state index contributed by atoms with van der Waals surface area (Å²) in [6, 6.07) is 7.79. The van der Waals surface area contributed by atoms with E-state index in [1.807, 2.05) is 35.9 Å². The molecule has 1 N–H and O–H groups in total. The molecule has 0 fully saturated rings. The molecule has 1 aromatic carbocycles. The molecule has 0 radical (unpaired) electrons. The summed E-state index contributed by atoms with van der Waals surface area (Å²) in [5.74, 6) is 0.928. The van der Waals surface area contributed by atoms with Gasteiger partial charge in [-0.05, 0) is 24.7 Å². The summed E-state index contributed by atoms with van der Waals surface area (Å²) in [6.07, 6.45) is 1.74. The third kappa shape index (κ3) is 2.59. The van der Waals surface area contributed by atoms with Crippen LogP contribution in [0.1, 0.15) is 11.4 Å². The molecule has 0 amide bonds. The van der Waals surface area contributed by atoms with Crippen LogP contribution in [0.25, 0.3) is 0 Å². The number of rotatable bonds is 4. The van der Waals surface area contributed by atoms with Gasteiger partial charge in [0.2, 0.25) is 0 Å². The Labute approximate surface area is 99.3 Å². The van der Waals surface area contributed by atoms with Crippen molar-refractivity contribution in [3.05, 3.63) is 47.0 Å². The Morgan fingerprint density at radius 1 is 1.31 bits per heavy atom. The van der Waals surface area contributed by atoms with Gasteiger partial charge in [0.15, 0.2) is 0 Å². The zero-order chi connectivity index (χ0) is 11.4. The number of nitrogens with zero attached hydrogens (tertiary/aromatic N) is 3. The number of aromatic nitrogens is 3. The first-order chi connectivity index (χ1) is 7.79. The Balaban J connectivity index is 2.13. The smallest absolute Gasteiger partial charge is 0.147 e. The fourth-order valence-electron chi connectivity index (χ4n) is 1.49. The molecule has 4 nitrogen and oxygen atoms in total. The van der Waals surface area contributed by atoms with Crippen LogP contribution in [0.15, 0.2) is 30.6 Å². The summed E-state index contributed by atoms with van der Waals surface area (Å²) in [5.41, 5.74) is 1.18. The van der Waals surface area contributed by atoms with Gasteiger partial charge in [-0.25, -0.2) is 0 Å². The maximum Gasteiger partial charge on any atom is 0.147 e. The predicted molar refractivity (Wildman–Crippen MR) is 63.3 cm³/mol. The maximum atomic E-state index is 5.83. The topological polar surface area (TPSA) is 42.7 Å². The van der Waals surface area contributed by atoms with Gasteiger partial charge in [0, 0.05) is 5.02 Å². The minimum absolute atomic E-state index is 0.716. The minimum atomic E-state index is 0.716. The first-order valence-corrected chi connectivity index (χ1v) is 5.43. The normalized spacial score (nSPS) is 10.6. The standard InChI is InChI=1S/C11H13ClN4/c1-13-6-11-15-14-8-16(11)7-9-2-4-10(12)5-3-9/h2-5,8,13H,6-7H2,1H3. The van der Waals surface area contributed by atoms with E-state index in [4.69, 9.17) is 11.6 Å². The molecule has 16 heavy (non-hydrogen) atoms. The molecule has 0 saturated carbocycles. The Morgan fingerprint density at radius 2 is 2.06 bits per heavy atom. The molecule has 0 bridgehead atoms. The molecule has 84 valence electrons. The molecule has 0 unspecified atom stereocenters. The van der Waals surface area contributed by atoms with Crippen molar-refractivity contribution < 1.29 is 0 Å². The van der Waals surface area contributed by atoms with E-state index in [9.17, 15) is 0 Å². The number of hydrogen-bond donors (Lipinski definition) is 1. The van der Waals surface area contributed by atoms with Crippen LogP contribution < -0.4 is 5.32 Å². The van der Waals surface area contributed by atoms with Gasteiger partial charge in [0.1, 0.15) is 12.2 Å². The van der Waals surface area contributed by atoms with Crippen molar-refractivity contribution in [1.82, 2.24) is 20.1 Å². The van der Waals surface area contributed by atoms with Crippen molar-refractivity contribution in [1.29, 1.82) is 0 Å². The summed E-state index contributed by atoms with van der Waals surface area (Å²) in [4.78, 5) is 0. The number of halogens is 1. The average molecular weight is 237 g/mol. The second-order valence-electron chi connectivity index (χ2n) is 3.53. The summed E-state index contributed by atoms with van der Waals surface area (Å²) in [7, 11) is 1.89. The summed E-state index contributed by atoms with van der Waals surface area (Å²) < 4.78 is 2.01. The van der Waals surface area contributed by atoms with E-state index >= 15 is 0 Å². The maximum absolute atomic E-state index is 5.83. The van der Waals surface area contributed by atoms with Crippen LogP contribution in [0.5, 0.6) is 0 Å². The molecule has 0 aliphatic carbocycles. The zero-order valence-electron chi connectivity index (χ0n) is 9.02. The van der Waals surface area contributed by atoms with Gasteiger partial charge in [-0.15, -0.1) is 10.2 Å². The summed E-state index contributed by atoms with van der Waals surface area (Å²) >= 11 is 5.83. The predicted octanol–water partition coefficient (Wildman–Crippen LogP) is 1.70. The molecule has 0 saturated heterocycles. The van der Waals surface area contributed by atoms with E-state index in [2.05, 4.69) is 15.5 Å². The summed E-state index contributed by atoms with van der Waals surface area (Å²) in [6.45, 7) is 1.48. The second-order valence-corrected chi connectivity index (χ2v) is 3.97. The first-order valence-electron chi connectivity index (χ1n) is 5.05. The fraction of sp³-hybridized carbons (Fsp3) is 0.273. The molecule has 0 aliphatic heterocycles. The fourth-order valence-corrected chi connectivity index (χ4v) is 1.62. The number of hydrogen-bond acceptors (Lipinski definition) is 3. The van der Waals surface area contributed by atoms with Gasteiger partial charge >= 0.3 is 0 Å². The molecule has 1 heterocycles. The van der Waals surface area contributed by atoms with Crippen molar-refractivity contribution in [2.75, 3.05) is 7.05 Å². The van der Waals surface area contributed by atoms with Crippen molar-refractivity contribution in [2.45, 2.75) is 13.1 Å². The third-order valence-corrected chi connectivity index (χ3v) is 2.55. The molecular weight excluding hydrogens is 224 g/mol. The molecule has 0 aliphatic rings. The minimum Gasteiger partial charge on any atom is -0.313 e. The monoisotopic (exact) mass is 236 g/mol.